The molecule has 1 aromatic carbocycles. The molecule has 81 valence electrons. The summed E-state index contributed by atoms with van der Waals surface area (Å²) in [6, 6.07) is 10.1. The van der Waals surface area contributed by atoms with Gasteiger partial charge < -0.3 is 4.65 Å². The zero-order valence-corrected chi connectivity index (χ0v) is 11.1. The van der Waals surface area contributed by atoms with Crippen molar-refractivity contribution in [2.24, 2.45) is 0 Å². The van der Waals surface area contributed by atoms with Gasteiger partial charge in [-0.3, -0.25) is 0 Å². The van der Waals surface area contributed by atoms with Crippen molar-refractivity contribution in [1.82, 2.24) is 0 Å². The number of rotatable bonds is 4. The molecule has 15 heavy (non-hydrogen) atoms. The summed E-state index contributed by atoms with van der Waals surface area (Å²) in [5.74, 6) is 0. The monoisotopic (exact) mass is 221 g/mol. The first kappa shape index (κ1) is 12.7. The van der Waals surface area contributed by atoms with Crippen LogP contribution in [0.15, 0.2) is 30.3 Å². The number of hydrogen-bond acceptors (Lipinski definition) is 1. The lowest BCUT2D eigenvalue weighted by Crippen LogP contribution is -2.45. The summed E-state index contributed by atoms with van der Waals surface area (Å²) in [4.78, 5) is 0. The summed E-state index contributed by atoms with van der Waals surface area (Å²) in [6.45, 7) is 8.49. The molecule has 0 spiro atoms. The highest BCUT2D eigenvalue weighted by atomic mass is 31.0. The van der Waals surface area contributed by atoms with Gasteiger partial charge in [0, 0.05) is 5.16 Å². The first-order valence-corrected chi connectivity index (χ1v) is 5.76. The summed E-state index contributed by atoms with van der Waals surface area (Å²) >= 11 is 0. The topological polar surface area (TPSA) is 9.23 Å². The van der Waals surface area contributed by atoms with Crippen LogP contribution in [0.25, 0.3) is 0 Å². The maximum atomic E-state index is 5.83. The van der Waals surface area contributed by atoms with Gasteiger partial charge in [-0.15, -0.1) is 9.24 Å². The quantitative estimate of drug-likeness (QED) is 0.560. The van der Waals surface area contributed by atoms with E-state index in [-0.39, 0.29) is 10.8 Å². The molecule has 0 aliphatic heterocycles. The Labute approximate surface area is 96.1 Å². The van der Waals surface area contributed by atoms with Crippen molar-refractivity contribution < 1.29 is 4.65 Å². The molecule has 0 aliphatic rings. The molecule has 1 rings (SSSR count). The molecule has 0 fully saturated rings. The highest BCUT2D eigenvalue weighted by Gasteiger charge is 2.33. The Morgan fingerprint density at radius 3 is 2.07 bits per heavy atom. The molecule has 0 aliphatic carbocycles. The van der Waals surface area contributed by atoms with Crippen molar-refractivity contribution in [3.05, 3.63) is 30.3 Å². The van der Waals surface area contributed by atoms with Gasteiger partial charge in [-0.25, -0.2) is 0 Å². The van der Waals surface area contributed by atoms with Crippen LogP contribution in [-0.4, -0.2) is 18.2 Å². The van der Waals surface area contributed by atoms with E-state index in [0.29, 0.717) is 0 Å². The smallest absolute Gasteiger partial charge is 0.330 e. The number of hydrogen-bond donors (Lipinski definition) is 0. The third-order valence-electron chi connectivity index (χ3n) is 2.84. The third-order valence-corrected chi connectivity index (χ3v) is 3.54. The second-order valence-electron chi connectivity index (χ2n) is 4.88. The average Bonchev–Trinajstić information content (AvgIpc) is 2.15. The fourth-order valence-corrected chi connectivity index (χ4v) is 0.967. The lowest BCUT2D eigenvalue weighted by atomic mass is 9.84. The Kier molecular flexibility index (Phi) is 3.97. The molecule has 0 bridgehead atoms. The second kappa shape index (κ2) is 4.68. The number of benzene rings is 1. The Morgan fingerprint density at radius 2 is 1.60 bits per heavy atom. The van der Waals surface area contributed by atoms with Crippen molar-refractivity contribution in [3.63, 3.8) is 0 Å². The molecule has 1 aromatic rings. The summed E-state index contributed by atoms with van der Waals surface area (Å²) in [5.41, 5.74) is 0.896. The van der Waals surface area contributed by atoms with Crippen LogP contribution in [-0.2, 0) is 4.65 Å². The van der Waals surface area contributed by atoms with E-state index in [1.54, 1.807) is 0 Å². The van der Waals surface area contributed by atoms with Crippen molar-refractivity contribution in [2.75, 3.05) is 0 Å². The van der Waals surface area contributed by atoms with Gasteiger partial charge in [0.2, 0.25) is 0 Å². The summed E-state index contributed by atoms with van der Waals surface area (Å²) in [5, 5.41) is 0.0400. The molecule has 1 unspecified atom stereocenters. The minimum absolute atomic E-state index is 0.0400. The Hall–Kier alpha value is -0.325. The van der Waals surface area contributed by atoms with Crippen LogP contribution in [0, 0.1) is 0 Å². The van der Waals surface area contributed by atoms with Crippen LogP contribution in [0.3, 0.4) is 0 Å². The van der Waals surface area contributed by atoms with E-state index in [2.05, 4.69) is 36.9 Å². The molecule has 0 aromatic heterocycles. The van der Waals surface area contributed by atoms with Crippen molar-refractivity contribution >= 4 is 22.2 Å². The molecular formula is C12H19BOP. The SMILES string of the molecule is CC(C)(P)C(C)(C)O[B]c1ccccc1. The van der Waals surface area contributed by atoms with Crippen LogP contribution in [0.2, 0.25) is 0 Å². The molecule has 3 heteroatoms. The molecule has 0 heterocycles. The van der Waals surface area contributed by atoms with E-state index < -0.39 is 0 Å². The minimum Gasteiger partial charge on any atom is -0.429 e. The molecule has 1 radical (unpaired) electrons. The second-order valence-corrected chi connectivity index (χ2v) is 6.32. The van der Waals surface area contributed by atoms with Gasteiger partial charge in [-0.05, 0) is 13.8 Å². The van der Waals surface area contributed by atoms with Gasteiger partial charge in [-0.2, -0.15) is 0 Å². The van der Waals surface area contributed by atoms with Crippen molar-refractivity contribution in [1.29, 1.82) is 0 Å². The zero-order chi connectivity index (χ0) is 11.5. The molecule has 1 nitrogen and oxygen atoms in total. The van der Waals surface area contributed by atoms with E-state index in [0.717, 1.165) is 5.46 Å². The highest BCUT2D eigenvalue weighted by Crippen LogP contribution is 2.32. The van der Waals surface area contributed by atoms with Gasteiger partial charge >= 0.3 is 7.48 Å². The maximum Gasteiger partial charge on any atom is 0.330 e. The van der Waals surface area contributed by atoms with Crippen LogP contribution in [0.1, 0.15) is 27.7 Å². The van der Waals surface area contributed by atoms with Crippen LogP contribution >= 0.6 is 9.24 Å². The van der Waals surface area contributed by atoms with E-state index in [1.165, 1.54) is 0 Å². The van der Waals surface area contributed by atoms with Crippen LogP contribution in [0.5, 0.6) is 0 Å². The minimum atomic E-state index is -0.201. The van der Waals surface area contributed by atoms with Crippen molar-refractivity contribution in [3.8, 4) is 0 Å². The van der Waals surface area contributed by atoms with Gasteiger partial charge in [-0.1, -0.05) is 49.6 Å². The van der Waals surface area contributed by atoms with Gasteiger partial charge in [0.05, 0.1) is 5.60 Å². The third kappa shape index (κ3) is 3.63. The lowest BCUT2D eigenvalue weighted by molar-refractivity contribution is 0.0841. The van der Waals surface area contributed by atoms with Crippen LogP contribution in [0.4, 0.5) is 0 Å². The first-order chi connectivity index (χ1) is 6.83. The maximum absolute atomic E-state index is 5.83. The fraction of sp³-hybridized carbons (Fsp3) is 0.500. The fourth-order valence-electron chi connectivity index (χ4n) is 0.899. The molecule has 0 saturated heterocycles. The predicted octanol–water partition coefficient (Wildman–Crippen LogP) is 2.38. The normalized spacial score (nSPS) is 12.6. The van der Waals surface area contributed by atoms with Crippen molar-refractivity contribution in [2.45, 2.75) is 38.5 Å². The molecule has 1 atom stereocenters. The largest absolute Gasteiger partial charge is 0.429 e. The summed E-state index contributed by atoms with van der Waals surface area (Å²) in [6.07, 6.45) is 0. The Balaban J connectivity index is 2.58. The van der Waals surface area contributed by atoms with E-state index in [4.69, 9.17) is 4.65 Å². The van der Waals surface area contributed by atoms with E-state index in [1.807, 2.05) is 37.8 Å². The van der Waals surface area contributed by atoms with Crippen LogP contribution < -0.4 is 5.46 Å². The van der Waals surface area contributed by atoms with E-state index >= 15 is 0 Å². The Bertz CT molecular complexity index is 303. The lowest BCUT2D eigenvalue weighted by Gasteiger charge is -2.39. The molecule has 0 N–H and O–H groups in total. The molecule has 0 saturated carbocycles. The molecular weight excluding hydrogens is 202 g/mol. The molecule has 0 amide bonds. The van der Waals surface area contributed by atoms with E-state index in [9.17, 15) is 0 Å². The van der Waals surface area contributed by atoms with Gasteiger partial charge in [0.25, 0.3) is 0 Å². The van der Waals surface area contributed by atoms with Gasteiger partial charge in [0.1, 0.15) is 0 Å². The average molecular weight is 221 g/mol. The highest BCUT2D eigenvalue weighted by molar-refractivity contribution is 7.19. The summed E-state index contributed by atoms with van der Waals surface area (Å²) in [7, 11) is 4.65. The standard InChI is InChI=1S/C12H19BOP/c1-11(2,12(3,4)15)14-13-10-8-6-5-7-9-10/h5-9H,15H2,1-4H3. The first-order valence-electron chi connectivity index (χ1n) is 5.18. The Morgan fingerprint density at radius 1 is 1.07 bits per heavy atom. The van der Waals surface area contributed by atoms with Gasteiger partial charge in [0.15, 0.2) is 0 Å². The zero-order valence-electron chi connectivity index (χ0n) is 9.95. The summed E-state index contributed by atoms with van der Waals surface area (Å²) < 4.78 is 5.83. The predicted molar refractivity (Wildman–Crippen MR) is 70.8 cm³/mol.